The zero-order valence-corrected chi connectivity index (χ0v) is 10.6. The number of carbonyl (C=O) groups is 1. The molecule has 0 fully saturated rings. The van der Waals surface area contributed by atoms with Crippen molar-refractivity contribution in [1.29, 1.82) is 0 Å². The Morgan fingerprint density at radius 1 is 1.47 bits per heavy atom. The second kappa shape index (κ2) is 7.03. The first kappa shape index (κ1) is 14.7. The summed E-state index contributed by atoms with van der Waals surface area (Å²) in [6.07, 6.45) is 0.392. The van der Waals surface area contributed by atoms with Crippen LogP contribution in [0.2, 0.25) is 0 Å². The van der Waals surface area contributed by atoms with Crippen LogP contribution < -0.4 is 5.32 Å². The molecule has 0 aromatic rings. The van der Waals surface area contributed by atoms with Gasteiger partial charge < -0.3 is 5.32 Å². The minimum Gasteiger partial charge on any atom is -0.355 e. The van der Waals surface area contributed by atoms with Crippen LogP contribution in [0.5, 0.6) is 0 Å². The SMILES string of the molecule is CCNC(=O)CN(C)S(=O)(=O)CCCCl. The number of hydrogen-bond donors (Lipinski definition) is 1. The molecular weight excluding hydrogens is 240 g/mol. The van der Waals surface area contributed by atoms with E-state index in [1.807, 2.05) is 0 Å². The molecule has 7 heteroatoms. The topological polar surface area (TPSA) is 66.5 Å². The molecule has 15 heavy (non-hydrogen) atoms. The van der Waals surface area contributed by atoms with Gasteiger partial charge in [0.1, 0.15) is 0 Å². The lowest BCUT2D eigenvalue weighted by molar-refractivity contribution is -0.121. The van der Waals surface area contributed by atoms with Crippen LogP contribution >= 0.6 is 11.6 Å². The first-order valence-corrected chi connectivity index (χ1v) is 6.85. The summed E-state index contributed by atoms with van der Waals surface area (Å²) in [6, 6.07) is 0. The van der Waals surface area contributed by atoms with Gasteiger partial charge in [-0.1, -0.05) is 0 Å². The number of nitrogens with one attached hydrogen (secondary N) is 1. The van der Waals surface area contributed by atoms with Crippen LogP contribution in [0.1, 0.15) is 13.3 Å². The number of likely N-dealkylation sites (N-methyl/N-ethyl adjacent to an activating group) is 2. The molecule has 90 valence electrons. The van der Waals surface area contributed by atoms with E-state index in [0.29, 0.717) is 18.8 Å². The number of amides is 1. The maximum atomic E-state index is 11.5. The smallest absolute Gasteiger partial charge is 0.235 e. The molecule has 0 bridgehead atoms. The van der Waals surface area contributed by atoms with Gasteiger partial charge in [0.25, 0.3) is 0 Å². The molecule has 0 unspecified atom stereocenters. The van der Waals surface area contributed by atoms with Crippen LogP contribution in [0.25, 0.3) is 0 Å². The minimum atomic E-state index is -3.35. The number of sulfonamides is 1. The summed E-state index contributed by atoms with van der Waals surface area (Å²) in [5, 5.41) is 2.53. The molecule has 0 aliphatic heterocycles. The van der Waals surface area contributed by atoms with E-state index in [4.69, 9.17) is 11.6 Å². The van der Waals surface area contributed by atoms with E-state index in [1.54, 1.807) is 6.92 Å². The van der Waals surface area contributed by atoms with Gasteiger partial charge in [-0.15, -0.1) is 11.6 Å². The summed E-state index contributed by atoms with van der Waals surface area (Å²) in [5.41, 5.74) is 0. The zero-order valence-electron chi connectivity index (χ0n) is 8.99. The molecule has 0 aliphatic rings. The molecule has 0 spiro atoms. The predicted molar refractivity (Wildman–Crippen MR) is 60.4 cm³/mol. The average Bonchev–Trinajstić information content (AvgIpc) is 2.15. The predicted octanol–water partition coefficient (Wildman–Crippen LogP) is 0.0130. The third-order valence-electron chi connectivity index (χ3n) is 1.75. The summed E-state index contributed by atoms with van der Waals surface area (Å²) in [6.45, 7) is 2.13. The van der Waals surface area contributed by atoms with Gasteiger partial charge in [-0.25, -0.2) is 8.42 Å². The van der Waals surface area contributed by atoms with Crippen molar-refractivity contribution in [2.45, 2.75) is 13.3 Å². The minimum absolute atomic E-state index is 0.0214. The number of halogens is 1. The van der Waals surface area contributed by atoms with Crippen LogP contribution in [0.4, 0.5) is 0 Å². The van der Waals surface area contributed by atoms with Gasteiger partial charge >= 0.3 is 0 Å². The Labute approximate surface area is 95.8 Å². The molecule has 0 atom stereocenters. The van der Waals surface area contributed by atoms with Crippen molar-refractivity contribution in [3.8, 4) is 0 Å². The average molecular weight is 257 g/mol. The fourth-order valence-corrected chi connectivity index (χ4v) is 2.37. The first-order chi connectivity index (χ1) is 6.94. The maximum Gasteiger partial charge on any atom is 0.235 e. The van der Waals surface area contributed by atoms with Crippen molar-refractivity contribution in [2.75, 3.05) is 31.8 Å². The highest BCUT2D eigenvalue weighted by Crippen LogP contribution is 2.00. The zero-order chi connectivity index (χ0) is 11.9. The lowest BCUT2D eigenvalue weighted by Gasteiger charge is -2.15. The summed E-state index contributed by atoms with van der Waals surface area (Å²) < 4.78 is 24.1. The van der Waals surface area contributed by atoms with Crippen LogP contribution in [0.15, 0.2) is 0 Å². The maximum absolute atomic E-state index is 11.5. The molecule has 0 heterocycles. The molecule has 1 amide bonds. The van der Waals surface area contributed by atoms with Gasteiger partial charge in [0.2, 0.25) is 15.9 Å². The second-order valence-electron chi connectivity index (χ2n) is 3.07. The lowest BCUT2D eigenvalue weighted by atomic mass is 10.5. The Hall–Kier alpha value is -0.330. The highest BCUT2D eigenvalue weighted by Gasteiger charge is 2.19. The Bertz CT molecular complexity index is 292. The summed E-state index contributed by atoms with van der Waals surface area (Å²) in [4.78, 5) is 11.1. The van der Waals surface area contributed by atoms with Crippen molar-refractivity contribution in [1.82, 2.24) is 9.62 Å². The molecule has 0 radical (unpaired) electrons. The number of alkyl halides is 1. The lowest BCUT2D eigenvalue weighted by Crippen LogP contribution is -2.39. The van der Waals surface area contributed by atoms with E-state index < -0.39 is 10.0 Å². The van der Waals surface area contributed by atoms with Gasteiger partial charge in [0.05, 0.1) is 12.3 Å². The molecule has 0 rings (SSSR count). The highest BCUT2D eigenvalue weighted by atomic mass is 35.5. The third kappa shape index (κ3) is 5.96. The van der Waals surface area contributed by atoms with E-state index in [1.165, 1.54) is 7.05 Å². The van der Waals surface area contributed by atoms with Crippen molar-refractivity contribution in [3.05, 3.63) is 0 Å². The van der Waals surface area contributed by atoms with Crippen LogP contribution in [-0.2, 0) is 14.8 Å². The molecule has 0 aliphatic carbocycles. The molecule has 0 aromatic heterocycles. The largest absolute Gasteiger partial charge is 0.355 e. The van der Waals surface area contributed by atoms with Crippen LogP contribution in [0.3, 0.4) is 0 Å². The van der Waals surface area contributed by atoms with Gasteiger partial charge in [-0.05, 0) is 13.3 Å². The van der Waals surface area contributed by atoms with Crippen LogP contribution in [0, 0.1) is 0 Å². The fourth-order valence-electron chi connectivity index (χ4n) is 0.946. The Morgan fingerprint density at radius 3 is 2.53 bits per heavy atom. The van der Waals surface area contributed by atoms with Gasteiger partial charge in [0.15, 0.2) is 0 Å². The molecule has 1 N–H and O–H groups in total. The first-order valence-electron chi connectivity index (χ1n) is 4.70. The highest BCUT2D eigenvalue weighted by molar-refractivity contribution is 7.89. The monoisotopic (exact) mass is 256 g/mol. The van der Waals surface area contributed by atoms with Crippen LogP contribution in [-0.4, -0.2) is 50.4 Å². The molecule has 5 nitrogen and oxygen atoms in total. The van der Waals surface area contributed by atoms with E-state index in [-0.39, 0.29) is 18.2 Å². The van der Waals surface area contributed by atoms with Gasteiger partial charge in [0, 0.05) is 19.5 Å². The Morgan fingerprint density at radius 2 is 2.07 bits per heavy atom. The van der Waals surface area contributed by atoms with Gasteiger partial charge in [-0.2, -0.15) is 4.31 Å². The van der Waals surface area contributed by atoms with E-state index >= 15 is 0 Å². The number of nitrogens with zero attached hydrogens (tertiary/aromatic N) is 1. The molecular formula is C8H17ClN2O3S. The Kier molecular flexibility index (Phi) is 6.87. The van der Waals surface area contributed by atoms with E-state index in [0.717, 1.165) is 4.31 Å². The number of hydrogen-bond acceptors (Lipinski definition) is 3. The van der Waals surface area contributed by atoms with Crippen molar-refractivity contribution >= 4 is 27.5 Å². The molecule has 0 aromatic carbocycles. The Balaban J connectivity index is 4.18. The number of carbonyl (C=O) groups excluding carboxylic acids is 1. The molecule has 0 saturated heterocycles. The van der Waals surface area contributed by atoms with E-state index in [2.05, 4.69) is 5.32 Å². The van der Waals surface area contributed by atoms with Crippen molar-refractivity contribution in [3.63, 3.8) is 0 Å². The van der Waals surface area contributed by atoms with Crippen molar-refractivity contribution < 1.29 is 13.2 Å². The van der Waals surface area contributed by atoms with E-state index in [9.17, 15) is 13.2 Å². The van der Waals surface area contributed by atoms with Gasteiger partial charge in [-0.3, -0.25) is 4.79 Å². The third-order valence-corrected chi connectivity index (χ3v) is 3.90. The summed E-state index contributed by atoms with van der Waals surface area (Å²) in [7, 11) is -1.96. The normalized spacial score (nSPS) is 11.7. The quantitative estimate of drug-likeness (QED) is 0.653. The summed E-state index contributed by atoms with van der Waals surface area (Å²) >= 11 is 5.41. The number of rotatable bonds is 7. The summed E-state index contributed by atoms with van der Waals surface area (Å²) in [5.74, 6) is -0.0184. The standard InChI is InChI=1S/C8H17ClN2O3S/c1-3-10-8(12)7-11(2)15(13,14)6-4-5-9/h3-7H2,1-2H3,(H,10,12). The fraction of sp³-hybridized carbons (Fsp3) is 0.875. The van der Waals surface area contributed by atoms with Crippen molar-refractivity contribution in [2.24, 2.45) is 0 Å². The second-order valence-corrected chi connectivity index (χ2v) is 5.64. The molecule has 0 saturated carbocycles.